The number of rotatable bonds is 0. The summed E-state index contributed by atoms with van der Waals surface area (Å²) >= 11 is 0. The molecule has 1 atom stereocenters. The molecule has 0 aromatic carbocycles. The molecule has 1 aliphatic heterocycles. The number of hydrogen-bond donors (Lipinski definition) is 2. The van der Waals surface area contributed by atoms with E-state index in [1.807, 2.05) is 0 Å². The van der Waals surface area contributed by atoms with E-state index >= 15 is 0 Å². The maximum Gasteiger partial charge on any atom is 0.189 e. The third kappa shape index (κ3) is 1.24. The van der Waals surface area contributed by atoms with E-state index in [1.165, 1.54) is 11.3 Å². The molecule has 0 saturated heterocycles. The molecule has 9 heavy (non-hydrogen) atoms. The second kappa shape index (κ2) is 2.12. The molecule has 0 spiro atoms. The fourth-order valence-electron chi connectivity index (χ4n) is 0.510. The van der Waals surface area contributed by atoms with Crippen LogP contribution in [0.2, 0.25) is 0 Å². The van der Waals surface area contributed by atoms with Crippen molar-refractivity contribution in [1.29, 1.82) is 0 Å². The third-order valence-corrected chi connectivity index (χ3v) is 1.00. The van der Waals surface area contributed by atoms with Crippen molar-refractivity contribution in [1.82, 2.24) is 5.01 Å². The van der Waals surface area contributed by atoms with E-state index in [0.29, 0.717) is 5.84 Å². The van der Waals surface area contributed by atoms with Crippen molar-refractivity contribution in [3.8, 4) is 0 Å². The smallest absolute Gasteiger partial charge is 0.189 e. The quantitative estimate of drug-likeness (QED) is 0.404. The van der Waals surface area contributed by atoms with Crippen LogP contribution in [0.4, 0.5) is 0 Å². The predicted molar refractivity (Wildman–Crippen MR) is 35.6 cm³/mol. The minimum Gasteiger partial charge on any atom is -0.291 e. The van der Waals surface area contributed by atoms with E-state index in [9.17, 15) is 0 Å². The first-order valence-corrected chi connectivity index (χ1v) is 2.57. The third-order valence-electron chi connectivity index (χ3n) is 1.00. The number of hydrazine groups is 1. The lowest BCUT2D eigenvalue weighted by atomic mass is 10.6. The topological polar surface area (TPSA) is 80.0 Å². The standard InChI is InChI=1S/C4H9N5/c1-3-7-2-9(6)4(5)8-3/h2,4H,5-6H2,1H3. The first-order valence-electron chi connectivity index (χ1n) is 2.57. The van der Waals surface area contributed by atoms with Crippen molar-refractivity contribution in [2.45, 2.75) is 13.2 Å². The molecule has 1 aliphatic rings. The Hall–Kier alpha value is -0.940. The number of nitrogens with two attached hydrogens (primary N) is 2. The summed E-state index contributed by atoms with van der Waals surface area (Å²) in [6.45, 7) is 1.77. The van der Waals surface area contributed by atoms with E-state index in [2.05, 4.69) is 9.98 Å². The van der Waals surface area contributed by atoms with Gasteiger partial charge in [-0.25, -0.2) is 15.8 Å². The molecule has 1 unspecified atom stereocenters. The minimum atomic E-state index is -0.470. The van der Waals surface area contributed by atoms with Crippen molar-refractivity contribution in [2.75, 3.05) is 0 Å². The van der Waals surface area contributed by atoms with Gasteiger partial charge in [0.15, 0.2) is 6.29 Å². The summed E-state index contributed by atoms with van der Waals surface area (Å²) in [5, 5.41) is 1.24. The van der Waals surface area contributed by atoms with E-state index in [0.717, 1.165) is 0 Å². The molecule has 1 heterocycles. The van der Waals surface area contributed by atoms with E-state index < -0.39 is 6.29 Å². The van der Waals surface area contributed by atoms with Gasteiger partial charge in [0.25, 0.3) is 0 Å². The summed E-state index contributed by atoms with van der Waals surface area (Å²) in [5.74, 6) is 5.95. The first kappa shape index (κ1) is 6.18. The zero-order valence-electron chi connectivity index (χ0n) is 5.15. The van der Waals surface area contributed by atoms with Gasteiger partial charge in [-0.3, -0.25) is 10.7 Å². The monoisotopic (exact) mass is 127 g/mol. The Morgan fingerprint density at radius 1 is 1.78 bits per heavy atom. The van der Waals surface area contributed by atoms with Crippen molar-refractivity contribution in [3.05, 3.63) is 0 Å². The van der Waals surface area contributed by atoms with Crippen molar-refractivity contribution in [2.24, 2.45) is 21.6 Å². The van der Waals surface area contributed by atoms with Crippen molar-refractivity contribution < 1.29 is 0 Å². The molecular formula is C4H9N5. The Balaban J connectivity index is 2.70. The Kier molecular flexibility index (Phi) is 1.46. The minimum absolute atomic E-state index is 0.470. The summed E-state index contributed by atoms with van der Waals surface area (Å²) in [7, 11) is 0. The molecule has 0 radical (unpaired) electrons. The predicted octanol–water partition coefficient (Wildman–Crippen LogP) is -1.14. The number of amidine groups is 1. The second-order valence-corrected chi connectivity index (χ2v) is 1.78. The van der Waals surface area contributed by atoms with Gasteiger partial charge in [0.1, 0.15) is 12.2 Å². The maximum atomic E-state index is 5.39. The SMILES string of the molecule is CC1=NC(N)N(N)C=N1. The van der Waals surface area contributed by atoms with Crippen LogP contribution in [0.25, 0.3) is 0 Å². The lowest BCUT2D eigenvalue weighted by Gasteiger charge is -2.20. The molecule has 0 aliphatic carbocycles. The summed E-state index contributed by atoms with van der Waals surface area (Å²) in [4.78, 5) is 7.67. The molecule has 4 N–H and O–H groups in total. The average molecular weight is 127 g/mol. The molecule has 0 aromatic heterocycles. The Morgan fingerprint density at radius 3 is 2.89 bits per heavy atom. The number of aliphatic imine (C=N–C) groups is 2. The van der Waals surface area contributed by atoms with Crippen LogP contribution in [0.15, 0.2) is 9.98 Å². The summed E-state index contributed by atoms with van der Waals surface area (Å²) in [5.41, 5.74) is 5.39. The van der Waals surface area contributed by atoms with Crippen LogP contribution in [-0.4, -0.2) is 23.5 Å². The zero-order chi connectivity index (χ0) is 6.85. The largest absolute Gasteiger partial charge is 0.291 e. The van der Waals surface area contributed by atoms with Crippen LogP contribution in [0, 0.1) is 0 Å². The Morgan fingerprint density at radius 2 is 2.44 bits per heavy atom. The van der Waals surface area contributed by atoms with E-state index in [-0.39, 0.29) is 0 Å². The maximum absolute atomic E-state index is 5.39. The zero-order valence-corrected chi connectivity index (χ0v) is 5.15. The van der Waals surface area contributed by atoms with E-state index in [4.69, 9.17) is 11.6 Å². The Labute approximate surface area is 53.0 Å². The number of nitrogens with zero attached hydrogens (tertiary/aromatic N) is 3. The van der Waals surface area contributed by atoms with Crippen LogP contribution >= 0.6 is 0 Å². The molecule has 0 aromatic rings. The molecule has 50 valence electrons. The summed E-state index contributed by atoms with van der Waals surface area (Å²) in [6.07, 6.45) is 0.981. The fourth-order valence-corrected chi connectivity index (χ4v) is 0.510. The average Bonchev–Trinajstić information content (AvgIpc) is 1.80. The van der Waals surface area contributed by atoms with Crippen molar-refractivity contribution >= 4 is 12.2 Å². The summed E-state index contributed by atoms with van der Waals surface area (Å²) in [6, 6.07) is 0. The van der Waals surface area contributed by atoms with Crippen LogP contribution in [0.1, 0.15) is 6.92 Å². The summed E-state index contributed by atoms with van der Waals surface area (Å²) < 4.78 is 0. The van der Waals surface area contributed by atoms with Gasteiger partial charge in [0, 0.05) is 0 Å². The fraction of sp³-hybridized carbons (Fsp3) is 0.500. The second-order valence-electron chi connectivity index (χ2n) is 1.78. The highest BCUT2D eigenvalue weighted by atomic mass is 15.5. The highest BCUT2D eigenvalue weighted by molar-refractivity contribution is 5.88. The lowest BCUT2D eigenvalue weighted by Crippen LogP contribution is -2.46. The normalized spacial score (nSPS) is 26.3. The van der Waals surface area contributed by atoms with Gasteiger partial charge in [0.2, 0.25) is 0 Å². The first-order chi connectivity index (χ1) is 4.20. The highest BCUT2D eigenvalue weighted by Gasteiger charge is 2.07. The highest BCUT2D eigenvalue weighted by Crippen LogP contribution is 1.93. The van der Waals surface area contributed by atoms with Crippen LogP contribution in [0.5, 0.6) is 0 Å². The molecule has 0 amide bonds. The van der Waals surface area contributed by atoms with Gasteiger partial charge in [-0.05, 0) is 6.92 Å². The van der Waals surface area contributed by atoms with Gasteiger partial charge >= 0.3 is 0 Å². The molecule has 5 heteroatoms. The molecule has 0 bridgehead atoms. The van der Waals surface area contributed by atoms with Gasteiger partial charge in [-0.1, -0.05) is 0 Å². The van der Waals surface area contributed by atoms with Gasteiger partial charge < -0.3 is 0 Å². The van der Waals surface area contributed by atoms with Gasteiger partial charge in [-0.2, -0.15) is 0 Å². The lowest BCUT2D eigenvalue weighted by molar-refractivity contribution is 0.343. The van der Waals surface area contributed by atoms with Crippen molar-refractivity contribution in [3.63, 3.8) is 0 Å². The number of hydrogen-bond acceptors (Lipinski definition) is 5. The molecule has 0 fully saturated rings. The van der Waals surface area contributed by atoms with E-state index in [1.54, 1.807) is 6.92 Å². The molecule has 5 nitrogen and oxygen atoms in total. The van der Waals surface area contributed by atoms with Crippen LogP contribution in [0.3, 0.4) is 0 Å². The van der Waals surface area contributed by atoms with Crippen LogP contribution < -0.4 is 11.6 Å². The van der Waals surface area contributed by atoms with Gasteiger partial charge in [0.05, 0.1) is 0 Å². The van der Waals surface area contributed by atoms with Gasteiger partial charge in [-0.15, -0.1) is 0 Å². The molecule has 1 rings (SSSR count). The molecule has 0 saturated carbocycles. The Bertz CT molecular complexity index is 160. The van der Waals surface area contributed by atoms with Crippen LogP contribution in [-0.2, 0) is 0 Å². The molecular weight excluding hydrogens is 118 g/mol.